The second kappa shape index (κ2) is 9.55. The molecule has 0 aliphatic carbocycles. The number of nitrogens with zero attached hydrogens (tertiary/aromatic N) is 6. The van der Waals surface area contributed by atoms with Crippen LogP contribution in [0.2, 0.25) is 0 Å². The Bertz CT molecular complexity index is 1470. The van der Waals surface area contributed by atoms with Gasteiger partial charge in [-0.1, -0.05) is 51.2 Å². The van der Waals surface area contributed by atoms with Gasteiger partial charge in [0.05, 0.1) is 27.1 Å². The molecule has 5 rings (SSSR count). The number of thiophene rings is 1. The summed E-state index contributed by atoms with van der Waals surface area (Å²) in [6, 6.07) is 11.0. The Morgan fingerprint density at radius 3 is 2.57 bits per heavy atom. The highest BCUT2D eigenvalue weighted by molar-refractivity contribution is 7.17. The van der Waals surface area contributed by atoms with Crippen molar-refractivity contribution < 1.29 is 9.72 Å². The molecule has 1 aliphatic rings. The smallest absolute Gasteiger partial charge is 0.324 e. The molecule has 1 fully saturated rings. The third-order valence-corrected chi connectivity index (χ3v) is 7.60. The van der Waals surface area contributed by atoms with E-state index in [1.165, 1.54) is 17.7 Å². The Balaban J connectivity index is 1.57. The molecule has 0 radical (unpaired) electrons. The SMILES string of the molecule is CC1CCCN(c2nc(NC(=O)c3ccc([N+](=O)[O-])s3)c3cnn(-c4ccc(C(C)(C)C)cc4)c3n2)C1. The maximum Gasteiger partial charge on any atom is 0.324 e. The molecule has 4 heterocycles. The summed E-state index contributed by atoms with van der Waals surface area (Å²) in [5.74, 6) is 0.905. The minimum atomic E-state index is -0.505. The number of anilines is 2. The van der Waals surface area contributed by atoms with Gasteiger partial charge in [0.25, 0.3) is 5.91 Å². The molecule has 1 amide bonds. The molecule has 37 heavy (non-hydrogen) atoms. The fourth-order valence-corrected chi connectivity index (χ4v) is 5.23. The molecule has 1 aliphatic heterocycles. The van der Waals surface area contributed by atoms with Gasteiger partial charge in [-0.2, -0.15) is 15.1 Å². The van der Waals surface area contributed by atoms with Crippen molar-refractivity contribution in [2.24, 2.45) is 5.92 Å². The maximum absolute atomic E-state index is 13.0. The summed E-state index contributed by atoms with van der Waals surface area (Å²) < 4.78 is 1.76. The van der Waals surface area contributed by atoms with E-state index in [4.69, 9.17) is 9.97 Å². The molecule has 11 heteroatoms. The summed E-state index contributed by atoms with van der Waals surface area (Å²) in [6.45, 7) is 10.4. The highest BCUT2D eigenvalue weighted by atomic mass is 32.1. The Labute approximate surface area is 218 Å². The lowest BCUT2D eigenvalue weighted by molar-refractivity contribution is -0.380. The van der Waals surface area contributed by atoms with E-state index < -0.39 is 10.8 Å². The van der Waals surface area contributed by atoms with Crippen LogP contribution in [0, 0.1) is 16.0 Å². The van der Waals surface area contributed by atoms with Gasteiger partial charge in [-0.25, -0.2) is 4.68 Å². The summed E-state index contributed by atoms with van der Waals surface area (Å²) in [7, 11) is 0. The first-order valence-corrected chi connectivity index (χ1v) is 13.1. The van der Waals surface area contributed by atoms with Gasteiger partial charge >= 0.3 is 5.00 Å². The van der Waals surface area contributed by atoms with Crippen LogP contribution in [0.25, 0.3) is 16.7 Å². The average Bonchev–Trinajstić information content (AvgIpc) is 3.52. The molecule has 0 saturated carbocycles. The number of carbonyl (C=O) groups excluding carboxylic acids is 1. The van der Waals surface area contributed by atoms with Gasteiger partial charge in [-0.3, -0.25) is 14.9 Å². The van der Waals surface area contributed by atoms with E-state index in [1.54, 1.807) is 10.9 Å². The summed E-state index contributed by atoms with van der Waals surface area (Å²) in [4.78, 5) is 35.6. The van der Waals surface area contributed by atoms with Crippen LogP contribution in [0.1, 0.15) is 55.8 Å². The Kier molecular flexibility index (Phi) is 6.40. The second-order valence-corrected chi connectivity index (χ2v) is 11.6. The number of hydrogen-bond acceptors (Lipinski definition) is 8. The molecule has 3 aromatic heterocycles. The molecule has 1 aromatic carbocycles. The lowest BCUT2D eigenvalue weighted by Crippen LogP contribution is -2.35. The normalized spacial score (nSPS) is 16.2. The number of nitrogens with one attached hydrogen (secondary N) is 1. The highest BCUT2D eigenvalue weighted by Gasteiger charge is 2.24. The molecule has 1 saturated heterocycles. The predicted molar refractivity (Wildman–Crippen MR) is 145 cm³/mol. The average molecular weight is 520 g/mol. The van der Waals surface area contributed by atoms with Crippen molar-refractivity contribution >= 4 is 45.0 Å². The third kappa shape index (κ3) is 5.04. The fraction of sp³-hybridized carbons (Fsp3) is 0.385. The van der Waals surface area contributed by atoms with E-state index in [2.05, 4.69) is 55.1 Å². The van der Waals surface area contributed by atoms with Gasteiger partial charge in [-0.05, 0) is 47.9 Å². The van der Waals surface area contributed by atoms with E-state index >= 15 is 0 Å². The van der Waals surface area contributed by atoms with Gasteiger partial charge in [0.1, 0.15) is 5.82 Å². The topological polar surface area (TPSA) is 119 Å². The maximum atomic E-state index is 13.0. The molecule has 1 N–H and O–H groups in total. The van der Waals surface area contributed by atoms with Crippen LogP contribution in [0.15, 0.2) is 42.6 Å². The highest BCUT2D eigenvalue weighted by Crippen LogP contribution is 2.30. The summed E-state index contributed by atoms with van der Waals surface area (Å²) in [5, 5.41) is 19.0. The van der Waals surface area contributed by atoms with Crippen molar-refractivity contribution in [3.63, 3.8) is 0 Å². The summed E-state index contributed by atoms with van der Waals surface area (Å²) >= 11 is 0.826. The first kappa shape index (κ1) is 24.8. The zero-order chi connectivity index (χ0) is 26.3. The number of carbonyl (C=O) groups is 1. The van der Waals surface area contributed by atoms with E-state index in [0.29, 0.717) is 28.7 Å². The molecular weight excluding hydrogens is 490 g/mol. The van der Waals surface area contributed by atoms with Gasteiger partial charge < -0.3 is 10.2 Å². The van der Waals surface area contributed by atoms with Gasteiger partial charge in [0.15, 0.2) is 5.65 Å². The van der Waals surface area contributed by atoms with Crippen molar-refractivity contribution in [2.45, 2.75) is 46.0 Å². The standard InChI is InChI=1S/C26H29N7O3S/c1-16-6-5-13-31(15-16)25-29-22(28-24(34)20-11-12-21(37-20)33(35)36)19-14-27-32(23(19)30-25)18-9-7-17(8-10-18)26(2,3)4/h7-12,14,16H,5-6,13,15H2,1-4H3,(H,28,29,30,34). The number of hydrogen-bond donors (Lipinski definition) is 1. The van der Waals surface area contributed by atoms with Gasteiger partial charge in [0.2, 0.25) is 5.95 Å². The van der Waals surface area contributed by atoms with Crippen LogP contribution >= 0.6 is 11.3 Å². The Morgan fingerprint density at radius 2 is 1.92 bits per heavy atom. The van der Waals surface area contributed by atoms with Crippen LogP contribution in [0.3, 0.4) is 0 Å². The number of rotatable bonds is 5. The molecule has 4 aromatic rings. The summed E-state index contributed by atoms with van der Waals surface area (Å²) in [5.41, 5.74) is 2.67. The lowest BCUT2D eigenvalue weighted by Gasteiger charge is -2.31. The third-order valence-electron chi connectivity index (χ3n) is 6.56. The first-order valence-electron chi connectivity index (χ1n) is 12.3. The molecule has 0 spiro atoms. The molecule has 0 bridgehead atoms. The fourth-order valence-electron chi connectivity index (χ4n) is 4.51. The Hall–Kier alpha value is -3.86. The van der Waals surface area contributed by atoms with Gasteiger partial charge in [-0.15, -0.1) is 0 Å². The number of nitro groups is 1. The lowest BCUT2D eigenvalue weighted by atomic mass is 9.87. The van der Waals surface area contributed by atoms with Crippen molar-refractivity contribution in [3.05, 3.63) is 63.1 Å². The van der Waals surface area contributed by atoms with Crippen LogP contribution in [0.4, 0.5) is 16.8 Å². The second-order valence-electron chi connectivity index (χ2n) is 10.5. The zero-order valence-electron chi connectivity index (χ0n) is 21.3. The number of fused-ring (bicyclic) bond motifs is 1. The molecule has 1 atom stereocenters. The number of piperidine rings is 1. The van der Waals surface area contributed by atoms with Gasteiger partial charge in [0, 0.05) is 19.2 Å². The van der Waals surface area contributed by atoms with E-state index in [9.17, 15) is 14.9 Å². The number of amides is 1. The van der Waals surface area contributed by atoms with Crippen LogP contribution in [-0.2, 0) is 5.41 Å². The quantitative estimate of drug-likeness (QED) is 0.270. The minimum absolute atomic E-state index is 0.0271. The first-order chi connectivity index (χ1) is 17.6. The van der Waals surface area contributed by atoms with E-state index in [1.807, 2.05) is 12.1 Å². The van der Waals surface area contributed by atoms with Crippen LogP contribution < -0.4 is 10.2 Å². The molecule has 192 valence electrons. The molecular formula is C26H29N7O3S. The minimum Gasteiger partial charge on any atom is -0.340 e. The molecule has 1 unspecified atom stereocenters. The van der Waals surface area contributed by atoms with E-state index in [-0.39, 0.29) is 15.3 Å². The van der Waals surface area contributed by atoms with Crippen molar-refractivity contribution in [1.29, 1.82) is 0 Å². The predicted octanol–water partition coefficient (Wildman–Crippen LogP) is 5.57. The Morgan fingerprint density at radius 1 is 1.16 bits per heavy atom. The number of aromatic nitrogens is 4. The monoisotopic (exact) mass is 519 g/mol. The summed E-state index contributed by atoms with van der Waals surface area (Å²) in [6.07, 6.45) is 3.83. The van der Waals surface area contributed by atoms with Crippen molar-refractivity contribution in [3.8, 4) is 5.69 Å². The van der Waals surface area contributed by atoms with E-state index in [0.717, 1.165) is 43.0 Å². The molecule has 10 nitrogen and oxygen atoms in total. The van der Waals surface area contributed by atoms with Crippen LogP contribution in [-0.4, -0.2) is 43.7 Å². The van der Waals surface area contributed by atoms with Crippen LogP contribution in [0.5, 0.6) is 0 Å². The van der Waals surface area contributed by atoms with Crippen molar-refractivity contribution in [1.82, 2.24) is 19.7 Å². The zero-order valence-corrected chi connectivity index (χ0v) is 22.1. The largest absolute Gasteiger partial charge is 0.340 e. The van der Waals surface area contributed by atoms with Crippen molar-refractivity contribution in [2.75, 3.05) is 23.3 Å². The number of benzene rings is 1.